The summed E-state index contributed by atoms with van der Waals surface area (Å²) in [6.45, 7) is 3.70. The van der Waals surface area contributed by atoms with Crippen LogP contribution in [0.2, 0.25) is 0 Å². The Morgan fingerprint density at radius 3 is 2.28 bits per heavy atom. The Labute approximate surface area is 210 Å². The minimum atomic E-state index is -0.578. The summed E-state index contributed by atoms with van der Waals surface area (Å²) < 4.78 is 4.68. The van der Waals surface area contributed by atoms with E-state index in [9.17, 15) is 9.59 Å². The van der Waals surface area contributed by atoms with Crippen LogP contribution in [0.15, 0.2) is 93.3 Å². The lowest BCUT2D eigenvalue weighted by atomic mass is 9.97. The van der Waals surface area contributed by atoms with Crippen molar-refractivity contribution in [3.63, 3.8) is 0 Å². The molecule has 0 atom stereocenters. The second kappa shape index (κ2) is 11.9. The number of rotatable bonds is 10. The average Bonchev–Trinajstić information content (AvgIpc) is 3.35. The molecule has 1 N–H and O–H groups in total. The lowest BCUT2D eigenvalue weighted by molar-refractivity contribution is -0.116. The molecule has 7 nitrogen and oxygen atoms in total. The number of carbonyl (C=O) groups is 1. The molecule has 184 valence electrons. The summed E-state index contributed by atoms with van der Waals surface area (Å²) in [4.78, 5) is 26.4. The van der Waals surface area contributed by atoms with Gasteiger partial charge in [-0.2, -0.15) is 5.10 Å². The number of para-hydroxylation sites is 1. The zero-order chi connectivity index (χ0) is 25.3. The predicted octanol–water partition coefficient (Wildman–Crippen LogP) is 6.23. The molecule has 1 amide bonds. The van der Waals surface area contributed by atoms with Crippen LogP contribution >= 0.6 is 0 Å². The molecule has 36 heavy (non-hydrogen) atoms. The molecule has 0 radical (unpaired) electrons. The first-order chi connectivity index (χ1) is 17.5. The van der Waals surface area contributed by atoms with Crippen molar-refractivity contribution in [2.75, 3.05) is 5.01 Å². The number of nitrogens with one attached hydrogen (secondary N) is 1. The van der Waals surface area contributed by atoms with Crippen molar-refractivity contribution in [3.8, 4) is 22.5 Å². The monoisotopic (exact) mass is 482 g/mol. The summed E-state index contributed by atoms with van der Waals surface area (Å²) in [5, 5.41) is 10.1. The highest BCUT2D eigenvalue weighted by atomic mass is 16.5. The van der Waals surface area contributed by atoms with E-state index in [-0.39, 0.29) is 5.91 Å². The predicted molar refractivity (Wildman–Crippen MR) is 143 cm³/mol. The molecule has 0 spiro atoms. The molecule has 0 saturated carbocycles. The third kappa shape index (κ3) is 6.24. The number of aromatic nitrogens is 2. The first kappa shape index (κ1) is 24.9. The number of carbonyl (C=O) groups excluding carboxylic acids is 1. The van der Waals surface area contributed by atoms with E-state index < -0.39 is 5.76 Å². The zero-order valence-electron chi connectivity index (χ0n) is 20.6. The molecule has 1 aromatic heterocycles. The first-order valence-electron chi connectivity index (χ1n) is 12.2. The van der Waals surface area contributed by atoms with E-state index in [2.05, 4.69) is 45.9 Å². The molecule has 0 saturated heterocycles. The molecule has 3 aromatic carbocycles. The second-order valence-electron chi connectivity index (χ2n) is 8.62. The fourth-order valence-electron chi connectivity index (χ4n) is 4.05. The summed E-state index contributed by atoms with van der Waals surface area (Å²) in [7, 11) is 0. The van der Waals surface area contributed by atoms with Crippen molar-refractivity contribution in [2.24, 2.45) is 5.10 Å². The summed E-state index contributed by atoms with van der Waals surface area (Å²) in [6.07, 6.45) is 4.54. The number of benzene rings is 3. The highest BCUT2D eigenvalue weighted by Gasteiger charge is 2.13. The average molecular weight is 483 g/mol. The molecule has 1 heterocycles. The van der Waals surface area contributed by atoms with E-state index in [0.29, 0.717) is 5.82 Å². The van der Waals surface area contributed by atoms with Crippen LogP contribution in [0, 0.1) is 0 Å². The number of amides is 1. The lowest BCUT2D eigenvalue weighted by Gasteiger charge is -2.18. The zero-order valence-corrected chi connectivity index (χ0v) is 20.6. The number of H-pyrrole nitrogens is 1. The van der Waals surface area contributed by atoms with Crippen molar-refractivity contribution < 1.29 is 9.32 Å². The molecule has 4 rings (SSSR count). The van der Waals surface area contributed by atoms with Gasteiger partial charge in [0.25, 0.3) is 0 Å². The van der Waals surface area contributed by atoms with Crippen LogP contribution in [0.5, 0.6) is 0 Å². The maximum Gasteiger partial charge on any atom is 0.439 e. The van der Waals surface area contributed by atoms with E-state index in [1.807, 2.05) is 54.6 Å². The SMILES string of the molecule is CCCC/C(CCc1ccc(-c2ccccc2-c2noc(=O)[nH]2)cc1)=N/N(C(C)=O)c1ccccc1. The van der Waals surface area contributed by atoms with Crippen LogP contribution in [0.3, 0.4) is 0 Å². The molecule has 4 aromatic rings. The smallest absolute Gasteiger partial charge is 0.296 e. The number of hydrazone groups is 1. The van der Waals surface area contributed by atoms with Gasteiger partial charge in [0, 0.05) is 18.2 Å². The first-order valence-corrected chi connectivity index (χ1v) is 12.2. The van der Waals surface area contributed by atoms with Gasteiger partial charge in [-0.3, -0.25) is 14.3 Å². The number of aromatic amines is 1. The second-order valence-corrected chi connectivity index (χ2v) is 8.62. The van der Waals surface area contributed by atoms with Crippen molar-refractivity contribution in [1.29, 1.82) is 0 Å². The number of hydrogen-bond donors (Lipinski definition) is 1. The Morgan fingerprint density at radius 1 is 0.944 bits per heavy atom. The third-order valence-corrected chi connectivity index (χ3v) is 5.95. The van der Waals surface area contributed by atoms with Crippen LogP contribution in [-0.4, -0.2) is 21.8 Å². The highest BCUT2D eigenvalue weighted by molar-refractivity contribution is 5.95. The van der Waals surface area contributed by atoms with Crippen LogP contribution in [0.1, 0.15) is 45.1 Å². The van der Waals surface area contributed by atoms with Crippen molar-refractivity contribution in [3.05, 3.63) is 95.0 Å². The van der Waals surface area contributed by atoms with E-state index in [4.69, 9.17) is 5.10 Å². The summed E-state index contributed by atoms with van der Waals surface area (Å²) in [5.74, 6) is -0.275. The molecular weight excluding hydrogens is 452 g/mol. The Balaban J connectivity index is 1.52. The van der Waals surface area contributed by atoms with Crippen LogP contribution < -0.4 is 10.8 Å². The van der Waals surface area contributed by atoms with Crippen molar-refractivity contribution >= 4 is 17.3 Å². The van der Waals surface area contributed by atoms with Gasteiger partial charge in [0.2, 0.25) is 5.91 Å². The standard InChI is InChI=1S/C29H30N4O3/c1-3-4-10-24(31-33(21(2)34)25-11-6-5-7-12-25)20-17-22-15-18-23(19-16-22)26-13-8-9-14-27(26)28-30-29(35)36-32-28/h5-9,11-16,18-19H,3-4,10,17,20H2,1-2H3,(H,30,32,35)/b31-24-. The fourth-order valence-corrected chi connectivity index (χ4v) is 4.05. The van der Waals surface area contributed by atoms with E-state index >= 15 is 0 Å². The quantitative estimate of drug-likeness (QED) is 0.214. The van der Waals surface area contributed by atoms with Gasteiger partial charge in [-0.15, -0.1) is 0 Å². The van der Waals surface area contributed by atoms with Gasteiger partial charge in [0.05, 0.1) is 5.69 Å². The largest absolute Gasteiger partial charge is 0.439 e. The summed E-state index contributed by atoms with van der Waals surface area (Å²) in [6, 6.07) is 25.6. The van der Waals surface area contributed by atoms with E-state index in [1.54, 1.807) is 6.92 Å². The Hall–Kier alpha value is -4.26. The number of anilines is 1. The third-order valence-electron chi connectivity index (χ3n) is 5.95. The molecule has 0 aliphatic rings. The lowest BCUT2D eigenvalue weighted by Crippen LogP contribution is -2.24. The highest BCUT2D eigenvalue weighted by Crippen LogP contribution is 2.30. The van der Waals surface area contributed by atoms with E-state index in [1.165, 1.54) is 10.6 Å². The minimum Gasteiger partial charge on any atom is -0.296 e. The van der Waals surface area contributed by atoms with Gasteiger partial charge in [0.1, 0.15) is 0 Å². The summed E-state index contributed by atoms with van der Waals surface area (Å²) >= 11 is 0. The minimum absolute atomic E-state index is 0.105. The normalized spacial score (nSPS) is 11.4. The van der Waals surface area contributed by atoms with Gasteiger partial charge in [0.15, 0.2) is 5.82 Å². The maximum absolute atomic E-state index is 12.3. The van der Waals surface area contributed by atoms with Gasteiger partial charge < -0.3 is 0 Å². The molecular formula is C29H30N4O3. The molecule has 0 fully saturated rings. The molecule has 0 aliphatic carbocycles. The molecule has 0 unspecified atom stereocenters. The topological polar surface area (TPSA) is 91.6 Å². The molecule has 7 heteroatoms. The van der Waals surface area contributed by atoms with Crippen LogP contribution in [0.4, 0.5) is 5.69 Å². The van der Waals surface area contributed by atoms with E-state index in [0.717, 1.165) is 60.2 Å². The summed E-state index contributed by atoms with van der Waals surface area (Å²) in [5.41, 5.74) is 5.75. The van der Waals surface area contributed by atoms with Crippen LogP contribution in [0.25, 0.3) is 22.5 Å². The van der Waals surface area contributed by atoms with Crippen molar-refractivity contribution in [2.45, 2.75) is 46.0 Å². The van der Waals surface area contributed by atoms with Gasteiger partial charge in [-0.05, 0) is 54.5 Å². The molecule has 0 bridgehead atoms. The maximum atomic E-state index is 12.3. The number of hydrogen-bond acceptors (Lipinski definition) is 5. The Bertz CT molecular complexity index is 1370. The number of aryl methyl sites for hydroxylation is 1. The van der Waals surface area contributed by atoms with Crippen LogP contribution in [-0.2, 0) is 11.2 Å². The van der Waals surface area contributed by atoms with Gasteiger partial charge >= 0.3 is 5.76 Å². The van der Waals surface area contributed by atoms with Gasteiger partial charge in [-0.25, -0.2) is 9.80 Å². The molecule has 0 aliphatic heterocycles. The van der Waals surface area contributed by atoms with Gasteiger partial charge in [-0.1, -0.05) is 85.2 Å². The number of nitrogens with zero attached hydrogens (tertiary/aromatic N) is 3. The van der Waals surface area contributed by atoms with Crippen molar-refractivity contribution in [1.82, 2.24) is 10.1 Å². The Morgan fingerprint density at radius 2 is 1.64 bits per heavy atom. The number of unbranched alkanes of at least 4 members (excludes halogenated alkanes) is 1. The fraction of sp³-hybridized carbons (Fsp3) is 0.241. The Kier molecular flexibility index (Phi) is 8.24.